The number of hydrogen-bond acceptors (Lipinski definition) is 3. The van der Waals surface area contributed by atoms with E-state index in [1.54, 1.807) is 12.2 Å². The Morgan fingerprint density at radius 1 is 1.57 bits per heavy atom. The molecule has 1 saturated heterocycles. The Morgan fingerprint density at radius 3 is 2.71 bits per heavy atom. The fourth-order valence-corrected chi connectivity index (χ4v) is 1.43. The molecule has 1 rings (SSSR count). The van der Waals surface area contributed by atoms with Gasteiger partial charge in [0.1, 0.15) is 6.10 Å². The van der Waals surface area contributed by atoms with Crippen molar-refractivity contribution in [2.24, 2.45) is 0 Å². The molecule has 2 unspecified atom stereocenters. The minimum Gasteiger partial charge on any atom is -0.452 e. The van der Waals surface area contributed by atoms with E-state index in [-0.39, 0.29) is 0 Å². The van der Waals surface area contributed by atoms with E-state index in [2.05, 4.69) is 0 Å². The number of rotatable bonds is 2. The van der Waals surface area contributed by atoms with Crippen LogP contribution in [-0.2, 0) is 9.53 Å². The quantitative estimate of drug-likeness (QED) is 0.414. The third-order valence-electron chi connectivity index (χ3n) is 2.03. The number of hydrogen-bond donors (Lipinski definition) is 1. The van der Waals surface area contributed by atoms with Crippen LogP contribution in [0, 0.1) is 0 Å². The lowest BCUT2D eigenvalue weighted by Gasteiger charge is -2.08. The smallest absolute Gasteiger partial charge is 0.337 e. The predicted octanol–water partition coefficient (Wildman–Crippen LogP) is 1.58. The molecule has 1 heterocycles. The number of esters is 1. The molecular formula is C11H16O3. The first-order valence-corrected chi connectivity index (χ1v) is 4.80. The van der Waals surface area contributed by atoms with E-state index in [4.69, 9.17) is 4.74 Å². The van der Waals surface area contributed by atoms with Gasteiger partial charge < -0.3 is 9.84 Å². The number of allylic oxidation sites excluding steroid dienone is 2. The van der Waals surface area contributed by atoms with E-state index in [0.717, 1.165) is 12.0 Å². The molecule has 0 amide bonds. The highest BCUT2D eigenvalue weighted by Crippen LogP contribution is 2.23. The Kier molecular flexibility index (Phi) is 3.47. The van der Waals surface area contributed by atoms with Crippen LogP contribution in [-0.4, -0.2) is 23.3 Å². The van der Waals surface area contributed by atoms with Gasteiger partial charge in [0.2, 0.25) is 0 Å². The molecule has 0 aromatic carbocycles. The number of cyclic esters (lactones) is 1. The summed E-state index contributed by atoms with van der Waals surface area (Å²) < 4.78 is 5.02. The van der Waals surface area contributed by atoms with Gasteiger partial charge >= 0.3 is 5.97 Å². The molecule has 1 fully saturated rings. The van der Waals surface area contributed by atoms with E-state index in [9.17, 15) is 9.90 Å². The van der Waals surface area contributed by atoms with Crippen LogP contribution in [0.25, 0.3) is 0 Å². The van der Waals surface area contributed by atoms with Crippen molar-refractivity contribution >= 4 is 5.97 Å². The van der Waals surface area contributed by atoms with Crippen LogP contribution in [0.5, 0.6) is 0 Å². The van der Waals surface area contributed by atoms with Crippen molar-refractivity contribution in [1.29, 1.82) is 0 Å². The number of carbonyl (C=O) groups is 1. The van der Waals surface area contributed by atoms with Crippen LogP contribution < -0.4 is 0 Å². The summed E-state index contributed by atoms with van der Waals surface area (Å²) in [4.78, 5) is 11.3. The number of aliphatic hydroxyl groups excluding tert-OH is 1. The molecule has 1 aliphatic heterocycles. The molecule has 3 heteroatoms. The van der Waals surface area contributed by atoms with Gasteiger partial charge in [-0.25, -0.2) is 4.79 Å². The van der Waals surface area contributed by atoms with Crippen LogP contribution in [0.3, 0.4) is 0 Å². The summed E-state index contributed by atoms with van der Waals surface area (Å²) in [5.41, 5.74) is 1.41. The maximum Gasteiger partial charge on any atom is 0.337 e. The fourth-order valence-electron chi connectivity index (χ4n) is 1.43. The van der Waals surface area contributed by atoms with Gasteiger partial charge in [-0.3, -0.25) is 0 Å². The molecule has 0 radical (unpaired) electrons. The van der Waals surface area contributed by atoms with Gasteiger partial charge in [-0.2, -0.15) is 0 Å². The molecule has 0 aromatic rings. The Labute approximate surface area is 84.1 Å². The van der Waals surface area contributed by atoms with Crippen molar-refractivity contribution in [3.8, 4) is 0 Å². The lowest BCUT2D eigenvalue weighted by atomic mass is 10.1. The van der Waals surface area contributed by atoms with Crippen molar-refractivity contribution in [1.82, 2.24) is 0 Å². The molecule has 0 spiro atoms. The summed E-state index contributed by atoms with van der Waals surface area (Å²) in [6.45, 7) is 5.73. The van der Waals surface area contributed by atoms with Crippen LogP contribution in [0.1, 0.15) is 27.2 Å². The van der Waals surface area contributed by atoms with Gasteiger partial charge in [0.15, 0.2) is 6.10 Å². The fraction of sp³-hybridized carbons (Fsp3) is 0.545. The first kappa shape index (κ1) is 11.0. The second-order valence-electron chi connectivity index (χ2n) is 3.63. The van der Waals surface area contributed by atoms with Crippen molar-refractivity contribution in [2.45, 2.75) is 39.4 Å². The van der Waals surface area contributed by atoms with Crippen LogP contribution in [0.2, 0.25) is 0 Å². The first-order valence-electron chi connectivity index (χ1n) is 4.80. The average Bonchev–Trinajstić information content (AvgIpc) is 2.32. The SMILES string of the molecule is CC/C=C1\C(=O)OC(C=C(C)C)C1O. The zero-order chi connectivity index (χ0) is 10.7. The Hall–Kier alpha value is -1.09. The van der Waals surface area contributed by atoms with E-state index in [1.165, 1.54) is 0 Å². The van der Waals surface area contributed by atoms with Gasteiger partial charge in [-0.05, 0) is 26.3 Å². The van der Waals surface area contributed by atoms with E-state index in [0.29, 0.717) is 5.57 Å². The molecule has 78 valence electrons. The molecule has 0 bridgehead atoms. The van der Waals surface area contributed by atoms with Crippen molar-refractivity contribution in [3.05, 3.63) is 23.3 Å². The molecule has 2 atom stereocenters. The van der Waals surface area contributed by atoms with Crippen LogP contribution in [0.4, 0.5) is 0 Å². The second-order valence-corrected chi connectivity index (χ2v) is 3.63. The highest BCUT2D eigenvalue weighted by molar-refractivity contribution is 5.92. The minimum absolute atomic E-state index is 0.384. The summed E-state index contributed by atoms with van der Waals surface area (Å²) in [7, 11) is 0. The maximum atomic E-state index is 11.3. The number of carbonyl (C=O) groups excluding carboxylic acids is 1. The minimum atomic E-state index is -0.808. The zero-order valence-corrected chi connectivity index (χ0v) is 8.78. The third-order valence-corrected chi connectivity index (χ3v) is 2.03. The van der Waals surface area contributed by atoms with Crippen LogP contribution >= 0.6 is 0 Å². The predicted molar refractivity (Wildman–Crippen MR) is 53.7 cm³/mol. The summed E-state index contributed by atoms with van der Waals surface area (Å²) in [6.07, 6.45) is 2.89. The van der Waals surface area contributed by atoms with Crippen molar-refractivity contribution in [3.63, 3.8) is 0 Å². The molecule has 1 N–H and O–H groups in total. The first-order chi connectivity index (χ1) is 6.56. The second kappa shape index (κ2) is 4.42. The van der Waals surface area contributed by atoms with Gasteiger partial charge in [0.05, 0.1) is 5.57 Å². The summed E-state index contributed by atoms with van der Waals surface area (Å²) >= 11 is 0. The van der Waals surface area contributed by atoms with Crippen molar-refractivity contribution in [2.75, 3.05) is 0 Å². The monoisotopic (exact) mass is 196 g/mol. The molecule has 14 heavy (non-hydrogen) atoms. The van der Waals surface area contributed by atoms with E-state index < -0.39 is 18.2 Å². The highest BCUT2D eigenvalue weighted by atomic mass is 16.6. The average molecular weight is 196 g/mol. The molecule has 1 aliphatic rings. The molecule has 0 aliphatic carbocycles. The summed E-state index contributed by atoms with van der Waals surface area (Å²) in [5.74, 6) is -0.401. The molecular weight excluding hydrogens is 180 g/mol. The van der Waals surface area contributed by atoms with E-state index in [1.807, 2.05) is 20.8 Å². The Bertz CT molecular complexity index is 285. The highest BCUT2D eigenvalue weighted by Gasteiger charge is 2.36. The number of aliphatic hydroxyl groups is 1. The Morgan fingerprint density at radius 2 is 2.21 bits per heavy atom. The standard InChI is InChI=1S/C11H16O3/c1-4-5-8-10(12)9(6-7(2)3)14-11(8)13/h5-6,9-10,12H,4H2,1-3H3/b8-5-. The Balaban J connectivity index is 2.84. The van der Waals surface area contributed by atoms with Gasteiger partial charge in [0, 0.05) is 0 Å². The normalized spacial score (nSPS) is 29.1. The molecule has 3 nitrogen and oxygen atoms in total. The molecule has 0 saturated carbocycles. The largest absolute Gasteiger partial charge is 0.452 e. The summed E-state index contributed by atoms with van der Waals surface area (Å²) in [6, 6.07) is 0. The lowest BCUT2D eigenvalue weighted by molar-refractivity contribution is -0.137. The lowest BCUT2D eigenvalue weighted by Crippen LogP contribution is -2.19. The van der Waals surface area contributed by atoms with Gasteiger partial charge in [-0.15, -0.1) is 0 Å². The van der Waals surface area contributed by atoms with E-state index >= 15 is 0 Å². The van der Waals surface area contributed by atoms with Gasteiger partial charge in [-0.1, -0.05) is 18.6 Å². The van der Waals surface area contributed by atoms with Crippen molar-refractivity contribution < 1.29 is 14.6 Å². The molecule has 0 aromatic heterocycles. The topological polar surface area (TPSA) is 46.5 Å². The number of ether oxygens (including phenoxy) is 1. The summed E-state index contributed by atoms with van der Waals surface area (Å²) in [5, 5.41) is 9.74. The zero-order valence-electron chi connectivity index (χ0n) is 8.78. The maximum absolute atomic E-state index is 11.3. The van der Waals surface area contributed by atoms with Gasteiger partial charge in [0.25, 0.3) is 0 Å². The van der Waals surface area contributed by atoms with Crippen LogP contribution in [0.15, 0.2) is 23.3 Å². The third kappa shape index (κ3) is 2.23.